The van der Waals surface area contributed by atoms with Crippen molar-refractivity contribution < 1.29 is 22.7 Å². The molecule has 8 heteroatoms. The van der Waals surface area contributed by atoms with Gasteiger partial charge in [0, 0.05) is 29.8 Å². The first-order valence-electron chi connectivity index (χ1n) is 8.32. The first-order valence-corrected chi connectivity index (χ1v) is 10.2. The second-order valence-electron chi connectivity index (χ2n) is 6.00. The molecule has 2 N–H and O–H groups in total. The van der Waals surface area contributed by atoms with E-state index in [1.165, 1.54) is 0 Å². The maximum atomic E-state index is 12.1. The van der Waals surface area contributed by atoms with Crippen LogP contribution in [0.15, 0.2) is 48.5 Å². The van der Waals surface area contributed by atoms with E-state index in [0.29, 0.717) is 29.1 Å². The predicted octanol–water partition coefficient (Wildman–Crippen LogP) is 3.06. The van der Waals surface area contributed by atoms with Crippen LogP contribution in [0, 0.1) is 0 Å². The van der Waals surface area contributed by atoms with Crippen LogP contribution in [0.2, 0.25) is 0 Å². The van der Waals surface area contributed by atoms with Gasteiger partial charge < -0.3 is 10.1 Å². The Labute approximate surface area is 158 Å². The molecule has 2 aromatic rings. The molecule has 0 aliphatic heterocycles. The molecule has 0 spiro atoms. The zero-order valence-corrected chi connectivity index (χ0v) is 16.0. The van der Waals surface area contributed by atoms with Gasteiger partial charge in [0.1, 0.15) is 5.75 Å². The number of methoxy groups -OCH3 is 1. The first kappa shape index (κ1) is 20.4. The summed E-state index contributed by atoms with van der Waals surface area (Å²) < 4.78 is 29.7. The first-order chi connectivity index (χ1) is 12.8. The minimum absolute atomic E-state index is 0.0262. The number of anilines is 2. The van der Waals surface area contributed by atoms with E-state index in [9.17, 15) is 18.0 Å². The topological polar surface area (TPSA) is 102 Å². The van der Waals surface area contributed by atoms with E-state index in [1.807, 2.05) is 0 Å². The average Bonchev–Trinajstić information content (AvgIpc) is 2.62. The fourth-order valence-corrected chi connectivity index (χ4v) is 2.95. The summed E-state index contributed by atoms with van der Waals surface area (Å²) in [6.45, 7) is 0. The van der Waals surface area contributed by atoms with Gasteiger partial charge in [0.05, 0.1) is 13.4 Å². The maximum Gasteiger partial charge on any atom is 0.229 e. The van der Waals surface area contributed by atoms with Gasteiger partial charge in [-0.2, -0.15) is 0 Å². The fraction of sp³-hybridized carbons (Fsp3) is 0.263. The van der Waals surface area contributed by atoms with Crippen LogP contribution in [0.5, 0.6) is 5.75 Å². The van der Waals surface area contributed by atoms with Crippen molar-refractivity contribution in [2.45, 2.75) is 19.3 Å². The highest BCUT2D eigenvalue weighted by Gasteiger charge is 2.09. The maximum absolute atomic E-state index is 12.1. The highest BCUT2D eigenvalue weighted by Crippen LogP contribution is 2.16. The van der Waals surface area contributed by atoms with Crippen molar-refractivity contribution in [2.24, 2.45) is 0 Å². The number of carbonyl (C=O) groups is 2. The predicted molar refractivity (Wildman–Crippen MR) is 105 cm³/mol. The lowest BCUT2D eigenvalue weighted by Crippen LogP contribution is -2.12. The van der Waals surface area contributed by atoms with Crippen molar-refractivity contribution in [2.75, 3.05) is 23.4 Å². The van der Waals surface area contributed by atoms with Gasteiger partial charge in [0.15, 0.2) is 5.78 Å². The Morgan fingerprint density at radius 1 is 0.926 bits per heavy atom. The molecule has 144 valence electrons. The third kappa shape index (κ3) is 7.10. The molecular weight excluding hydrogens is 368 g/mol. The van der Waals surface area contributed by atoms with Gasteiger partial charge in [0.2, 0.25) is 15.9 Å². The second-order valence-corrected chi connectivity index (χ2v) is 7.75. The number of benzene rings is 2. The van der Waals surface area contributed by atoms with E-state index < -0.39 is 10.0 Å². The minimum Gasteiger partial charge on any atom is -0.497 e. The van der Waals surface area contributed by atoms with Crippen LogP contribution in [-0.4, -0.2) is 33.5 Å². The van der Waals surface area contributed by atoms with Crippen LogP contribution >= 0.6 is 0 Å². The Morgan fingerprint density at radius 3 is 2.07 bits per heavy atom. The summed E-state index contributed by atoms with van der Waals surface area (Å²) >= 11 is 0. The van der Waals surface area contributed by atoms with E-state index in [1.54, 1.807) is 55.6 Å². The molecule has 0 bridgehead atoms. The number of Topliss-reactive ketones (excluding diaryl/α,β-unsaturated/α-hetero) is 1. The van der Waals surface area contributed by atoms with E-state index in [4.69, 9.17) is 4.74 Å². The number of amides is 1. The van der Waals surface area contributed by atoms with Crippen molar-refractivity contribution in [3.63, 3.8) is 0 Å². The molecule has 27 heavy (non-hydrogen) atoms. The van der Waals surface area contributed by atoms with E-state index in [2.05, 4.69) is 10.0 Å². The Balaban J connectivity index is 1.77. The Hall–Kier alpha value is -2.87. The monoisotopic (exact) mass is 390 g/mol. The van der Waals surface area contributed by atoms with Gasteiger partial charge in [-0.15, -0.1) is 0 Å². The van der Waals surface area contributed by atoms with Crippen LogP contribution < -0.4 is 14.8 Å². The lowest BCUT2D eigenvalue weighted by molar-refractivity contribution is -0.116. The molecule has 0 heterocycles. The third-order valence-corrected chi connectivity index (χ3v) is 4.30. The van der Waals surface area contributed by atoms with Crippen molar-refractivity contribution in [1.29, 1.82) is 0 Å². The highest BCUT2D eigenvalue weighted by atomic mass is 32.2. The van der Waals surface area contributed by atoms with Gasteiger partial charge in [0.25, 0.3) is 0 Å². The summed E-state index contributed by atoms with van der Waals surface area (Å²) in [4.78, 5) is 24.1. The molecule has 1 amide bonds. The molecule has 0 fully saturated rings. The summed E-state index contributed by atoms with van der Waals surface area (Å²) in [5.41, 5.74) is 1.56. The van der Waals surface area contributed by atoms with Gasteiger partial charge in [-0.05, 0) is 55.0 Å². The van der Waals surface area contributed by atoms with Crippen LogP contribution in [-0.2, 0) is 14.8 Å². The molecule has 2 rings (SSSR count). The Bertz CT molecular complexity index is 891. The summed E-state index contributed by atoms with van der Waals surface area (Å²) in [6.07, 6.45) is 1.99. The van der Waals surface area contributed by atoms with Gasteiger partial charge >= 0.3 is 0 Å². The summed E-state index contributed by atoms with van der Waals surface area (Å²) in [6, 6.07) is 13.2. The summed E-state index contributed by atoms with van der Waals surface area (Å²) in [5, 5.41) is 2.72. The summed E-state index contributed by atoms with van der Waals surface area (Å²) in [5.74, 6) is 0.451. The number of hydrogen-bond donors (Lipinski definition) is 2. The molecule has 0 aliphatic carbocycles. The second kappa shape index (κ2) is 9.18. The van der Waals surface area contributed by atoms with E-state index in [-0.39, 0.29) is 24.5 Å². The Kier molecular flexibility index (Phi) is 6.95. The normalized spacial score (nSPS) is 10.9. The number of carbonyl (C=O) groups excluding carboxylic acids is 2. The molecule has 0 saturated heterocycles. The third-order valence-electron chi connectivity index (χ3n) is 3.69. The van der Waals surface area contributed by atoms with Crippen LogP contribution in [0.25, 0.3) is 0 Å². The molecule has 2 aromatic carbocycles. The van der Waals surface area contributed by atoms with Crippen LogP contribution in [0.3, 0.4) is 0 Å². The number of ketones is 1. The van der Waals surface area contributed by atoms with Crippen LogP contribution in [0.1, 0.15) is 29.6 Å². The zero-order valence-electron chi connectivity index (χ0n) is 15.2. The molecular formula is C19H22N2O5S. The highest BCUT2D eigenvalue weighted by molar-refractivity contribution is 7.92. The number of ether oxygens (including phenoxy) is 1. The van der Waals surface area contributed by atoms with Crippen molar-refractivity contribution in [1.82, 2.24) is 0 Å². The zero-order chi connectivity index (χ0) is 19.9. The number of rotatable bonds is 9. The van der Waals surface area contributed by atoms with Gasteiger partial charge in [-0.3, -0.25) is 14.3 Å². The molecule has 0 unspecified atom stereocenters. The number of hydrogen-bond acceptors (Lipinski definition) is 5. The Morgan fingerprint density at radius 2 is 1.52 bits per heavy atom. The van der Waals surface area contributed by atoms with Gasteiger partial charge in [-0.1, -0.05) is 0 Å². The summed E-state index contributed by atoms with van der Waals surface area (Å²) in [7, 11) is -1.78. The van der Waals surface area contributed by atoms with Gasteiger partial charge in [-0.25, -0.2) is 8.42 Å². The van der Waals surface area contributed by atoms with Crippen molar-refractivity contribution in [3.05, 3.63) is 54.1 Å². The fourth-order valence-electron chi connectivity index (χ4n) is 2.39. The molecule has 0 aliphatic rings. The van der Waals surface area contributed by atoms with Crippen molar-refractivity contribution in [3.8, 4) is 5.75 Å². The van der Waals surface area contributed by atoms with E-state index >= 15 is 0 Å². The van der Waals surface area contributed by atoms with E-state index in [0.717, 1.165) is 6.26 Å². The number of nitrogens with one attached hydrogen (secondary N) is 2. The van der Waals surface area contributed by atoms with Crippen LogP contribution in [0.4, 0.5) is 11.4 Å². The number of sulfonamides is 1. The lowest BCUT2D eigenvalue weighted by Gasteiger charge is -2.07. The smallest absolute Gasteiger partial charge is 0.229 e. The molecule has 7 nitrogen and oxygen atoms in total. The SMILES string of the molecule is COc1ccc(C(=O)CCCC(=O)Nc2ccc(NS(C)(=O)=O)cc2)cc1. The quantitative estimate of drug-likeness (QED) is 0.641. The average molecular weight is 390 g/mol. The molecule has 0 radical (unpaired) electrons. The molecule has 0 aromatic heterocycles. The minimum atomic E-state index is -3.34. The molecule has 0 atom stereocenters. The standard InChI is InChI=1S/C19H22N2O5S/c1-26-17-12-6-14(7-13-17)18(22)4-3-5-19(23)20-15-8-10-16(11-9-15)21-27(2,24)25/h6-13,21H,3-5H2,1-2H3,(H,20,23). The van der Waals surface area contributed by atoms with Crippen molar-refractivity contribution >= 4 is 33.1 Å². The largest absolute Gasteiger partial charge is 0.497 e. The molecule has 0 saturated carbocycles. The lowest BCUT2D eigenvalue weighted by atomic mass is 10.1.